The Labute approximate surface area is 185 Å². The molecule has 32 heavy (non-hydrogen) atoms. The Morgan fingerprint density at radius 3 is 2.59 bits per heavy atom. The van der Waals surface area contributed by atoms with Gasteiger partial charge in [0.2, 0.25) is 0 Å². The fraction of sp³-hybridized carbons (Fsp3) is 0.286. The number of nitrogens with one attached hydrogen (secondary N) is 1. The van der Waals surface area contributed by atoms with Crippen LogP contribution in [-0.4, -0.2) is 53.8 Å². The number of hydrogen-bond donors (Lipinski definition) is 3. The molecule has 0 fully saturated rings. The third-order valence-corrected chi connectivity index (χ3v) is 5.79. The average molecular weight is 461 g/mol. The predicted octanol–water partition coefficient (Wildman–Crippen LogP) is 0.942. The second-order valence-electron chi connectivity index (χ2n) is 7.54. The normalized spacial score (nSPS) is 14.4. The van der Waals surface area contributed by atoms with Crippen molar-refractivity contribution in [3.05, 3.63) is 75.0 Å². The van der Waals surface area contributed by atoms with Gasteiger partial charge in [-0.25, -0.2) is 4.39 Å². The van der Waals surface area contributed by atoms with E-state index in [4.69, 9.17) is 5.73 Å². The number of benzene rings is 1. The molecule has 170 valence electrons. The van der Waals surface area contributed by atoms with Crippen LogP contribution in [0.3, 0.4) is 0 Å². The van der Waals surface area contributed by atoms with Crippen molar-refractivity contribution in [1.82, 2.24) is 14.9 Å². The number of primary amides is 1. The lowest BCUT2D eigenvalue weighted by atomic mass is 9.92. The smallest absolute Gasteiger partial charge is 0.261 e. The van der Waals surface area contributed by atoms with E-state index in [2.05, 4.69) is 9.97 Å². The molecule has 0 saturated heterocycles. The van der Waals surface area contributed by atoms with Crippen LogP contribution >= 0.6 is 0 Å². The Hall–Kier alpha value is -2.99. The van der Waals surface area contributed by atoms with Crippen molar-refractivity contribution in [2.45, 2.75) is 25.5 Å². The quantitative estimate of drug-likeness (QED) is 0.333. The highest BCUT2D eigenvalue weighted by molar-refractivity contribution is 7.79. The molecule has 3 unspecified atom stereocenters. The summed E-state index contributed by atoms with van der Waals surface area (Å²) < 4.78 is 35.2. The maximum atomic E-state index is 13.1. The highest BCUT2D eigenvalue weighted by Crippen LogP contribution is 2.29. The lowest BCUT2D eigenvalue weighted by Crippen LogP contribution is -2.39. The maximum Gasteiger partial charge on any atom is 0.261 e. The number of aliphatic hydroxyl groups excluding tert-OH is 1. The third-order valence-electron chi connectivity index (χ3n) is 5.18. The standard InChI is InChI=1S/C21H23FN4O5S/c1-11(21(29)26(2)10-32(30)31)16-17(19(23)27)20(28)25-15-8-13(9-24-18(15)16)7-12-3-5-14(22)6-4-12/h3-6,8-9,11,21,29H,7,10H2,1-2H3,(H2,23,27)(H,25,28)(H,30,31)/p-1. The van der Waals surface area contributed by atoms with Gasteiger partial charge in [-0.05, 0) is 53.9 Å². The largest absolute Gasteiger partial charge is 0.771 e. The van der Waals surface area contributed by atoms with Gasteiger partial charge in [-0.1, -0.05) is 19.1 Å². The van der Waals surface area contributed by atoms with Gasteiger partial charge in [0.25, 0.3) is 11.5 Å². The first kappa shape index (κ1) is 23.7. The van der Waals surface area contributed by atoms with E-state index < -0.39 is 40.6 Å². The number of nitrogens with zero attached hydrogens (tertiary/aromatic N) is 2. The van der Waals surface area contributed by atoms with Crippen molar-refractivity contribution >= 4 is 28.0 Å². The van der Waals surface area contributed by atoms with Crippen molar-refractivity contribution in [1.29, 1.82) is 0 Å². The summed E-state index contributed by atoms with van der Waals surface area (Å²) in [6.07, 6.45) is 0.638. The van der Waals surface area contributed by atoms with Gasteiger partial charge in [0.1, 0.15) is 17.6 Å². The minimum atomic E-state index is -2.44. The fourth-order valence-electron chi connectivity index (χ4n) is 3.64. The van der Waals surface area contributed by atoms with Crippen molar-refractivity contribution in [3.8, 4) is 0 Å². The number of H-pyrrole nitrogens is 1. The number of aromatic amines is 1. The lowest BCUT2D eigenvalue weighted by Gasteiger charge is -2.30. The summed E-state index contributed by atoms with van der Waals surface area (Å²) in [5, 5.41) is 10.6. The molecule has 0 aliphatic heterocycles. The van der Waals surface area contributed by atoms with E-state index in [9.17, 15) is 27.8 Å². The number of aliphatic hydroxyl groups is 1. The van der Waals surface area contributed by atoms with Gasteiger partial charge >= 0.3 is 0 Å². The first-order chi connectivity index (χ1) is 15.1. The van der Waals surface area contributed by atoms with E-state index in [1.54, 1.807) is 31.3 Å². The number of aromatic nitrogens is 2. The van der Waals surface area contributed by atoms with Gasteiger partial charge in [-0.2, -0.15) is 0 Å². The molecule has 0 spiro atoms. The summed E-state index contributed by atoms with van der Waals surface area (Å²) in [6, 6.07) is 7.64. The van der Waals surface area contributed by atoms with Gasteiger partial charge in [-0.15, -0.1) is 0 Å². The van der Waals surface area contributed by atoms with Crippen LogP contribution in [-0.2, 0) is 17.5 Å². The van der Waals surface area contributed by atoms with Gasteiger partial charge in [0.15, 0.2) is 0 Å². The summed E-state index contributed by atoms with van der Waals surface area (Å²) in [4.78, 5) is 32.9. The molecule has 11 heteroatoms. The number of pyridine rings is 2. The molecule has 0 radical (unpaired) electrons. The number of rotatable bonds is 8. The lowest BCUT2D eigenvalue weighted by molar-refractivity contribution is 0.0156. The summed E-state index contributed by atoms with van der Waals surface area (Å²) in [7, 11) is 1.39. The number of amides is 1. The Bertz CT molecular complexity index is 1230. The monoisotopic (exact) mass is 461 g/mol. The van der Waals surface area contributed by atoms with Crippen LogP contribution in [0.2, 0.25) is 0 Å². The molecule has 1 aromatic carbocycles. The molecular formula is C21H22FN4O5S-. The Balaban J connectivity index is 2.09. The van der Waals surface area contributed by atoms with E-state index in [1.165, 1.54) is 19.2 Å². The first-order valence-electron chi connectivity index (χ1n) is 9.61. The van der Waals surface area contributed by atoms with Crippen molar-refractivity contribution in [2.75, 3.05) is 12.9 Å². The maximum absolute atomic E-state index is 13.1. The minimum absolute atomic E-state index is 0.126. The average Bonchev–Trinajstić information content (AvgIpc) is 2.72. The van der Waals surface area contributed by atoms with Crippen molar-refractivity contribution in [3.63, 3.8) is 0 Å². The third kappa shape index (κ3) is 5.07. The highest BCUT2D eigenvalue weighted by atomic mass is 32.2. The molecule has 3 rings (SSSR count). The molecular weight excluding hydrogens is 439 g/mol. The Morgan fingerprint density at radius 2 is 2.00 bits per heavy atom. The molecule has 0 saturated carbocycles. The van der Waals surface area contributed by atoms with Crippen LogP contribution in [0.4, 0.5) is 4.39 Å². The predicted molar refractivity (Wildman–Crippen MR) is 116 cm³/mol. The van der Waals surface area contributed by atoms with Crippen LogP contribution in [0.15, 0.2) is 41.3 Å². The summed E-state index contributed by atoms with van der Waals surface area (Å²) >= 11 is -2.44. The molecule has 0 bridgehead atoms. The number of carbonyl (C=O) groups excluding carboxylic acids is 1. The van der Waals surface area contributed by atoms with Gasteiger partial charge in [0, 0.05) is 17.7 Å². The Morgan fingerprint density at radius 1 is 1.34 bits per heavy atom. The van der Waals surface area contributed by atoms with E-state index in [-0.39, 0.29) is 22.5 Å². The zero-order valence-corrected chi connectivity index (χ0v) is 18.2. The van der Waals surface area contributed by atoms with Crippen molar-refractivity contribution in [2.24, 2.45) is 5.73 Å². The fourth-order valence-corrected chi connectivity index (χ4v) is 4.12. The molecule has 0 aliphatic carbocycles. The summed E-state index contributed by atoms with van der Waals surface area (Å²) in [5.74, 6) is -2.66. The number of hydrogen-bond acceptors (Lipinski definition) is 7. The second-order valence-corrected chi connectivity index (χ2v) is 8.41. The number of fused-ring (bicyclic) bond motifs is 1. The molecule has 9 nitrogen and oxygen atoms in total. The zero-order valence-electron chi connectivity index (χ0n) is 17.4. The number of halogens is 1. The number of nitrogens with two attached hydrogens (primary N) is 1. The minimum Gasteiger partial charge on any atom is -0.771 e. The van der Waals surface area contributed by atoms with Gasteiger partial charge < -0.3 is 20.4 Å². The van der Waals surface area contributed by atoms with Crippen LogP contribution in [0, 0.1) is 5.82 Å². The summed E-state index contributed by atoms with van der Waals surface area (Å²) in [5.41, 5.74) is 6.61. The van der Waals surface area contributed by atoms with Gasteiger partial charge in [0.05, 0.1) is 16.9 Å². The molecule has 2 heterocycles. The van der Waals surface area contributed by atoms with E-state index in [0.717, 1.165) is 16.0 Å². The number of likely N-dealkylation sites (N-methyl/N-ethyl adjacent to an activating group) is 1. The SMILES string of the molecule is CC(c1c(C(N)=O)c(=O)[nH]c2cc(Cc3ccc(F)cc3)cnc12)C(O)N(C)CS(=O)[O-]. The van der Waals surface area contributed by atoms with Crippen LogP contribution < -0.4 is 11.3 Å². The van der Waals surface area contributed by atoms with Crippen LogP contribution in [0.25, 0.3) is 11.0 Å². The molecule has 3 aromatic rings. The molecule has 1 amide bonds. The topological polar surface area (TPSA) is 152 Å². The van der Waals surface area contributed by atoms with E-state index in [1.807, 2.05) is 0 Å². The number of carbonyl (C=O) groups is 1. The second kappa shape index (κ2) is 9.65. The Kier molecular flexibility index (Phi) is 7.14. The first-order valence-corrected chi connectivity index (χ1v) is 10.9. The molecule has 2 aromatic heterocycles. The summed E-state index contributed by atoms with van der Waals surface area (Å²) in [6.45, 7) is 1.55. The van der Waals surface area contributed by atoms with E-state index in [0.29, 0.717) is 11.9 Å². The molecule has 0 aliphatic rings. The molecule has 3 atom stereocenters. The van der Waals surface area contributed by atoms with Crippen LogP contribution in [0.1, 0.15) is 39.9 Å². The highest BCUT2D eigenvalue weighted by Gasteiger charge is 2.29. The van der Waals surface area contributed by atoms with E-state index >= 15 is 0 Å². The van der Waals surface area contributed by atoms with Gasteiger partial charge in [-0.3, -0.25) is 23.7 Å². The van der Waals surface area contributed by atoms with Crippen molar-refractivity contribution < 1.29 is 23.1 Å². The molecule has 4 N–H and O–H groups in total. The zero-order chi connectivity index (χ0) is 23.6. The van der Waals surface area contributed by atoms with Crippen LogP contribution in [0.5, 0.6) is 0 Å².